The summed E-state index contributed by atoms with van der Waals surface area (Å²) in [4.78, 5) is 4.30. The highest BCUT2D eigenvalue weighted by molar-refractivity contribution is 5.60. The summed E-state index contributed by atoms with van der Waals surface area (Å²) in [7, 11) is 0. The Balaban J connectivity index is 2.63. The van der Waals surface area contributed by atoms with Gasteiger partial charge in [-0.2, -0.15) is 0 Å². The molecule has 0 unspecified atom stereocenters. The maximum atomic E-state index is 4.30. The molecule has 2 N–H and O–H groups in total. The lowest BCUT2D eigenvalue weighted by Crippen LogP contribution is -2.31. The number of aliphatic imine (C=N–C) groups is 1. The molecule has 0 aromatic carbocycles. The van der Waals surface area contributed by atoms with E-state index in [0.717, 1.165) is 6.54 Å². The van der Waals surface area contributed by atoms with Crippen LogP contribution < -0.4 is 10.9 Å². The van der Waals surface area contributed by atoms with Crippen molar-refractivity contribution in [2.24, 2.45) is 4.99 Å². The molecule has 0 aliphatic carbocycles. The third-order valence-corrected chi connectivity index (χ3v) is 1.29. The SMILES string of the molecule is CC1(C)/C=C\NNCC=N1. The summed E-state index contributed by atoms with van der Waals surface area (Å²) in [6.45, 7) is 4.90. The van der Waals surface area contributed by atoms with E-state index in [1.165, 1.54) is 0 Å². The maximum Gasteiger partial charge on any atom is 0.0745 e. The average molecular weight is 139 g/mol. The Morgan fingerprint density at radius 3 is 3.10 bits per heavy atom. The van der Waals surface area contributed by atoms with Crippen molar-refractivity contribution >= 4 is 6.21 Å². The van der Waals surface area contributed by atoms with Gasteiger partial charge in [0.25, 0.3) is 0 Å². The molecule has 3 nitrogen and oxygen atoms in total. The largest absolute Gasteiger partial charge is 0.329 e. The van der Waals surface area contributed by atoms with Crippen LogP contribution in [0.2, 0.25) is 0 Å². The van der Waals surface area contributed by atoms with Crippen LogP contribution in [0.3, 0.4) is 0 Å². The first-order chi connectivity index (χ1) is 4.71. The van der Waals surface area contributed by atoms with Gasteiger partial charge in [0.1, 0.15) is 0 Å². The van der Waals surface area contributed by atoms with Gasteiger partial charge in [-0.05, 0) is 19.9 Å². The molecule has 1 rings (SSSR count). The molecule has 0 bridgehead atoms. The van der Waals surface area contributed by atoms with E-state index >= 15 is 0 Å². The van der Waals surface area contributed by atoms with Gasteiger partial charge in [0, 0.05) is 19.0 Å². The second-order valence-electron chi connectivity index (χ2n) is 2.82. The third kappa shape index (κ3) is 2.19. The Kier molecular flexibility index (Phi) is 2.06. The zero-order valence-corrected chi connectivity index (χ0v) is 6.39. The van der Waals surface area contributed by atoms with Gasteiger partial charge in [-0.15, -0.1) is 0 Å². The second-order valence-corrected chi connectivity index (χ2v) is 2.82. The highest BCUT2D eigenvalue weighted by atomic mass is 15.3. The molecule has 0 fully saturated rings. The molecule has 0 amide bonds. The van der Waals surface area contributed by atoms with E-state index in [4.69, 9.17) is 0 Å². The minimum atomic E-state index is -0.0604. The molecular formula is C7H13N3. The van der Waals surface area contributed by atoms with Crippen LogP contribution in [0.4, 0.5) is 0 Å². The van der Waals surface area contributed by atoms with E-state index in [2.05, 4.69) is 29.7 Å². The fourth-order valence-corrected chi connectivity index (χ4v) is 0.733. The van der Waals surface area contributed by atoms with E-state index in [0.29, 0.717) is 0 Å². The molecule has 3 heteroatoms. The fourth-order valence-electron chi connectivity index (χ4n) is 0.733. The van der Waals surface area contributed by atoms with Crippen molar-refractivity contribution in [3.05, 3.63) is 12.3 Å². The first-order valence-electron chi connectivity index (χ1n) is 3.40. The van der Waals surface area contributed by atoms with Gasteiger partial charge in [0.05, 0.1) is 5.54 Å². The molecule has 0 spiro atoms. The molecule has 1 aliphatic heterocycles. The smallest absolute Gasteiger partial charge is 0.0745 e. The Morgan fingerprint density at radius 2 is 2.30 bits per heavy atom. The van der Waals surface area contributed by atoms with Gasteiger partial charge in [-0.25, -0.2) is 5.43 Å². The normalized spacial score (nSPS) is 26.2. The van der Waals surface area contributed by atoms with Crippen LogP contribution in [-0.2, 0) is 0 Å². The quantitative estimate of drug-likeness (QED) is 0.511. The lowest BCUT2D eigenvalue weighted by atomic mass is 10.1. The Bertz CT molecular complexity index is 142. The molecule has 0 radical (unpaired) electrons. The summed E-state index contributed by atoms with van der Waals surface area (Å²) in [6.07, 6.45) is 5.75. The predicted molar refractivity (Wildman–Crippen MR) is 42.8 cm³/mol. The van der Waals surface area contributed by atoms with Crippen LogP contribution in [0.1, 0.15) is 13.8 Å². The minimum Gasteiger partial charge on any atom is -0.329 e. The predicted octanol–water partition coefficient (Wildman–Crippen LogP) is 0.457. The summed E-state index contributed by atoms with van der Waals surface area (Å²) in [5.41, 5.74) is 5.80. The molecule has 0 saturated carbocycles. The maximum absolute atomic E-state index is 4.30. The first-order valence-corrected chi connectivity index (χ1v) is 3.40. The molecule has 0 saturated heterocycles. The van der Waals surface area contributed by atoms with Gasteiger partial charge < -0.3 is 5.43 Å². The van der Waals surface area contributed by atoms with E-state index in [9.17, 15) is 0 Å². The third-order valence-electron chi connectivity index (χ3n) is 1.29. The lowest BCUT2D eigenvalue weighted by Gasteiger charge is -2.16. The molecule has 0 aromatic heterocycles. The van der Waals surface area contributed by atoms with Gasteiger partial charge in [0.2, 0.25) is 0 Å². The van der Waals surface area contributed by atoms with Crippen molar-refractivity contribution < 1.29 is 0 Å². The number of hydrazine groups is 1. The van der Waals surface area contributed by atoms with Crippen LogP contribution >= 0.6 is 0 Å². The zero-order valence-electron chi connectivity index (χ0n) is 6.39. The van der Waals surface area contributed by atoms with Gasteiger partial charge in [0.15, 0.2) is 0 Å². The summed E-state index contributed by atoms with van der Waals surface area (Å²) in [5, 5.41) is 0. The average Bonchev–Trinajstić information content (AvgIpc) is 1.81. The molecule has 0 atom stereocenters. The number of rotatable bonds is 0. The monoisotopic (exact) mass is 139 g/mol. The molecule has 0 aromatic rings. The van der Waals surface area contributed by atoms with Crippen molar-refractivity contribution in [2.75, 3.05) is 6.54 Å². The number of hydrogen-bond acceptors (Lipinski definition) is 3. The van der Waals surface area contributed by atoms with Crippen molar-refractivity contribution in [1.82, 2.24) is 10.9 Å². The van der Waals surface area contributed by atoms with Gasteiger partial charge in [-0.1, -0.05) is 0 Å². The summed E-state index contributed by atoms with van der Waals surface area (Å²) in [5.74, 6) is 0. The number of nitrogens with one attached hydrogen (secondary N) is 2. The van der Waals surface area contributed by atoms with E-state index in [1.807, 2.05) is 18.5 Å². The zero-order chi connectivity index (χ0) is 7.45. The van der Waals surface area contributed by atoms with E-state index < -0.39 is 0 Å². The van der Waals surface area contributed by atoms with Gasteiger partial charge >= 0.3 is 0 Å². The highest BCUT2D eigenvalue weighted by Crippen LogP contribution is 2.09. The molecule has 56 valence electrons. The molecule has 1 heterocycles. The minimum absolute atomic E-state index is 0.0604. The second kappa shape index (κ2) is 2.84. The number of nitrogens with zero attached hydrogens (tertiary/aromatic N) is 1. The molecule has 1 aliphatic rings. The van der Waals surface area contributed by atoms with Crippen molar-refractivity contribution in [3.8, 4) is 0 Å². The Labute approximate surface area is 61.2 Å². The van der Waals surface area contributed by atoms with Crippen LogP contribution in [-0.4, -0.2) is 18.3 Å². The summed E-state index contributed by atoms with van der Waals surface area (Å²) >= 11 is 0. The van der Waals surface area contributed by atoms with Crippen LogP contribution in [0.25, 0.3) is 0 Å². The summed E-state index contributed by atoms with van der Waals surface area (Å²) in [6, 6.07) is 0. The van der Waals surface area contributed by atoms with Crippen LogP contribution in [0, 0.1) is 0 Å². The van der Waals surface area contributed by atoms with E-state index in [1.54, 1.807) is 0 Å². The van der Waals surface area contributed by atoms with Crippen LogP contribution in [0.15, 0.2) is 17.3 Å². The van der Waals surface area contributed by atoms with Crippen molar-refractivity contribution in [3.63, 3.8) is 0 Å². The lowest BCUT2D eigenvalue weighted by molar-refractivity contribution is 0.619. The van der Waals surface area contributed by atoms with Gasteiger partial charge in [-0.3, -0.25) is 4.99 Å². The van der Waals surface area contributed by atoms with E-state index in [-0.39, 0.29) is 5.54 Å². The standard InChI is InChI=1S/C7H13N3/c1-7(2)3-4-9-10-6-5-8-7/h3-5,9-10H,6H2,1-2H3/b4-3-,8-5?. The van der Waals surface area contributed by atoms with Crippen molar-refractivity contribution in [2.45, 2.75) is 19.4 Å². The fraction of sp³-hybridized carbons (Fsp3) is 0.571. The highest BCUT2D eigenvalue weighted by Gasteiger charge is 2.09. The van der Waals surface area contributed by atoms with Crippen LogP contribution in [0.5, 0.6) is 0 Å². The number of hydrogen-bond donors (Lipinski definition) is 2. The van der Waals surface area contributed by atoms with Crippen molar-refractivity contribution in [1.29, 1.82) is 0 Å². The Morgan fingerprint density at radius 1 is 1.50 bits per heavy atom. The Hall–Kier alpha value is -0.830. The topological polar surface area (TPSA) is 36.4 Å². The first kappa shape index (κ1) is 7.28. The molecular weight excluding hydrogens is 126 g/mol. The summed E-state index contributed by atoms with van der Waals surface area (Å²) < 4.78 is 0. The molecule has 10 heavy (non-hydrogen) atoms.